The summed E-state index contributed by atoms with van der Waals surface area (Å²) in [5.41, 5.74) is 0.382. The molecule has 3 rings (SSSR count). The lowest BCUT2D eigenvalue weighted by Gasteiger charge is -2.22. The number of rotatable bonds is 4. The molecule has 2 aliphatic heterocycles. The van der Waals surface area contributed by atoms with Gasteiger partial charge in [-0.05, 0) is 50.0 Å². The highest BCUT2D eigenvalue weighted by atomic mass is 35.5. The second-order valence-electron chi connectivity index (χ2n) is 5.94. The molecule has 2 aliphatic rings. The zero-order valence-electron chi connectivity index (χ0n) is 13.2. The molecule has 2 amide bonds. The van der Waals surface area contributed by atoms with E-state index in [1.165, 1.54) is 25.2 Å². The molecule has 1 aromatic rings. The Balaban J connectivity index is 0.00000208. The van der Waals surface area contributed by atoms with Crippen molar-refractivity contribution in [2.24, 2.45) is 5.92 Å². The van der Waals surface area contributed by atoms with E-state index in [9.17, 15) is 18.0 Å². The summed E-state index contributed by atoms with van der Waals surface area (Å²) < 4.78 is 27.4. The molecule has 1 unspecified atom stereocenters. The number of nitrogens with one attached hydrogen (secondary N) is 2. The maximum Gasteiger partial charge on any atom is 0.261 e. The average molecular weight is 374 g/mol. The largest absolute Gasteiger partial charge is 0.316 e. The van der Waals surface area contributed by atoms with Crippen LogP contribution in [0.4, 0.5) is 0 Å². The van der Waals surface area contributed by atoms with E-state index in [2.05, 4.69) is 10.0 Å². The van der Waals surface area contributed by atoms with Crippen molar-refractivity contribution in [3.8, 4) is 0 Å². The molecule has 0 aromatic heterocycles. The van der Waals surface area contributed by atoms with Gasteiger partial charge in [0.2, 0.25) is 10.0 Å². The Morgan fingerprint density at radius 1 is 1.25 bits per heavy atom. The Kier molecular flexibility index (Phi) is 5.64. The number of hydrogen-bond acceptors (Lipinski definition) is 5. The lowest BCUT2D eigenvalue weighted by atomic mass is 10.0. The van der Waals surface area contributed by atoms with Crippen molar-refractivity contribution in [3.05, 3.63) is 29.3 Å². The van der Waals surface area contributed by atoms with Gasteiger partial charge in [0.25, 0.3) is 11.8 Å². The Morgan fingerprint density at radius 3 is 2.62 bits per heavy atom. The molecule has 7 nitrogen and oxygen atoms in total. The fraction of sp³-hybridized carbons (Fsp3) is 0.467. The number of halogens is 1. The van der Waals surface area contributed by atoms with Crippen LogP contribution in [0.5, 0.6) is 0 Å². The highest BCUT2D eigenvalue weighted by molar-refractivity contribution is 7.89. The first-order chi connectivity index (χ1) is 10.9. The van der Waals surface area contributed by atoms with Gasteiger partial charge in [0, 0.05) is 13.6 Å². The molecule has 0 spiro atoms. The van der Waals surface area contributed by atoms with Crippen molar-refractivity contribution in [2.45, 2.75) is 17.7 Å². The topological polar surface area (TPSA) is 95.6 Å². The molecule has 132 valence electrons. The SMILES string of the molecule is CN1C(=O)c2ccc(S(=O)(=O)NCC3CCCNC3)cc2C1=O.Cl. The van der Waals surface area contributed by atoms with E-state index in [1.807, 2.05) is 0 Å². The second kappa shape index (κ2) is 7.18. The minimum atomic E-state index is -3.70. The minimum absolute atomic E-state index is 0. The maximum absolute atomic E-state index is 12.4. The van der Waals surface area contributed by atoms with Gasteiger partial charge in [-0.25, -0.2) is 13.1 Å². The van der Waals surface area contributed by atoms with Gasteiger partial charge in [0.05, 0.1) is 16.0 Å². The van der Waals surface area contributed by atoms with Crippen LogP contribution in [-0.4, -0.2) is 51.8 Å². The van der Waals surface area contributed by atoms with Crippen molar-refractivity contribution < 1.29 is 18.0 Å². The van der Waals surface area contributed by atoms with Crippen molar-refractivity contribution in [1.82, 2.24) is 14.9 Å². The van der Waals surface area contributed by atoms with E-state index in [1.54, 1.807) is 0 Å². The molecule has 1 atom stereocenters. The summed E-state index contributed by atoms with van der Waals surface area (Å²) >= 11 is 0. The third kappa shape index (κ3) is 3.46. The molecule has 2 heterocycles. The van der Waals surface area contributed by atoms with Crippen LogP contribution >= 0.6 is 12.4 Å². The highest BCUT2D eigenvalue weighted by Crippen LogP contribution is 2.24. The highest BCUT2D eigenvalue weighted by Gasteiger charge is 2.34. The van der Waals surface area contributed by atoms with Gasteiger partial charge in [-0.2, -0.15) is 0 Å². The van der Waals surface area contributed by atoms with Crippen LogP contribution in [0.15, 0.2) is 23.1 Å². The lowest BCUT2D eigenvalue weighted by Crippen LogP contribution is -2.38. The number of benzene rings is 1. The first-order valence-electron chi connectivity index (χ1n) is 7.57. The van der Waals surface area contributed by atoms with Gasteiger partial charge in [-0.15, -0.1) is 12.4 Å². The number of hydrogen-bond donors (Lipinski definition) is 2. The fourth-order valence-electron chi connectivity index (χ4n) is 2.92. The minimum Gasteiger partial charge on any atom is -0.316 e. The molecule has 0 bridgehead atoms. The molecule has 24 heavy (non-hydrogen) atoms. The monoisotopic (exact) mass is 373 g/mol. The number of sulfonamides is 1. The number of carbonyl (C=O) groups is 2. The van der Waals surface area contributed by atoms with Gasteiger partial charge in [-0.3, -0.25) is 14.5 Å². The van der Waals surface area contributed by atoms with Crippen LogP contribution in [0.2, 0.25) is 0 Å². The van der Waals surface area contributed by atoms with Crippen LogP contribution < -0.4 is 10.0 Å². The summed E-state index contributed by atoms with van der Waals surface area (Å²) in [6.45, 7) is 2.13. The molecule has 0 saturated carbocycles. The van der Waals surface area contributed by atoms with Crippen molar-refractivity contribution >= 4 is 34.2 Å². The quantitative estimate of drug-likeness (QED) is 0.754. The van der Waals surface area contributed by atoms with E-state index in [0.29, 0.717) is 6.54 Å². The summed E-state index contributed by atoms with van der Waals surface area (Å²) in [5, 5.41) is 3.24. The van der Waals surface area contributed by atoms with E-state index in [-0.39, 0.29) is 34.3 Å². The summed E-state index contributed by atoms with van der Waals surface area (Å²) in [6.07, 6.45) is 2.02. The van der Waals surface area contributed by atoms with Crippen molar-refractivity contribution in [2.75, 3.05) is 26.7 Å². The van der Waals surface area contributed by atoms with Crippen LogP contribution in [0.3, 0.4) is 0 Å². The maximum atomic E-state index is 12.4. The summed E-state index contributed by atoms with van der Waals surface area (Å²) in [4.78, 5) is 24.8. The van der Waals surface area contributed by atoms with Crippen LogP contribution in [-0.2, 0) is 10.0 Å². The molecule has 0 aliphatic carbocycles. The number of fused-ring (bicyclic) bond motifs is 1. The number of carbonyl (C=O) groups excluding carboxylic acids is 2. The Hall–Kier alpha value is -1.48. The third-order valence-corrected chi connectivity index (χ3v) is 5.75. The zero-order chi connectivity index (χ0) is 16.6. The summed E-state index contributed by atoms with van der Waals surface area (Å²) in [5.74, 6) is -0.615. The molecular formula is C15H20ClN3O4S. The van der Waals surface area contributed by atoms with Gasteiger partial charge in [-0.1, -0.05) is 0 Å². The van der Waals surface area contributed by atoms with Gasteiger partial charge in [0.1, 0.15) is 0 Å². The van der Waals surface area contributed by atoms with Gasteiger partial charge in [0.15, 0.2) is 0 Å². The molecule has 0 radical (unpaired) electrons. The second-order valence-corrected chi connectivity index (χ2v) is 7.71. The molecule has 1 fully saturated rings. The molecule has 1 aromatic carbocycles. The van der Waals surface area contributed by atoms with E-state index in [0.717, 1.165) is 30.8 Å². The fourth-order valence-corrected chi connectivity index (χ4v) is 4.06. The lowest BCUT2D eigenvalue weighted by molar-refractivity contribution is 0.0693. The number of imide groups is 1. The summed E-state index contributed by atoms with van der Waals surface area (Å²) in [7, 11) is -2.32. The smallest absolute Gasteiger partial charge is 0.261 e. The number of amides is 2. The number of piperidine rings is 1. The summed E-state index contributed by atoms with van der Waals surface area (Å²) in [6, 6.07) is 4.04. The van der Waals surface area contributed by atoms with Gasteiger partial charge < -0.3 is 5.32 Å². The molecule has 2 N–H and O–H groups in total. The first-order valence-corrected chi connectivity index (χ1v) is 9.05. The van der Waals surface area contributed by atoms with Gasteiger partial charge >= 0.3 is 0 Å². The van der Waals surface area contributed by atoms with E-state index < -0.39 is 21.8 Å². The van der Waals surface area contributed by atoms with Crippen molar-refractivity contribution in [1.29, 1.82) is 0 Å². The molecule has 1 saturated heterocycles. The Bertz CT molecular complexity index is 760. The predicted octanol–water partition coefficient (Wildman–Crippen LogP) is 0.612. The third-order valence-electron chi connectivity index (χ3n) is 4.33. The molecule has 9 heteroatoms. The number of nitrogens with zero attached hydrogens (tertiary/aromatic N) is 1. The van der Waals surface area contributed by atoms with Crippen LogP contribution in [0.25, 0.3) is 0 Å². The average Bonchev–Trinajstić information content (AvgIpc) is 2.78. The van der Waals surface area contributed by atoms with Crippen molar-refractivity contribution in [3.63, 3.8) is 0 Å². The zero-order valence-corrected chi connectivity index (χ0v) is 14.9. The predicted molar refractivity (Wildman–Crippen MR) is 90.9 cm³/mol. The van der Waals surface area contributed by atoms with Crippen LogP contribution in [0.1, 0.15) is 33.6 Å². The Labute approximate surface area is 147 Å². The van der Waals surface area contributed by atoms with E-state index >= 15 is 0 Å². The normalized spacial score (nSPS) is 20.7. The Morgan fingerprint density at radius 2 is 1.96 bits per heavy atom. The van der Waals surface area contributed by atoms with E-state index in [4.69, 9.17) is 0 Å². The standard InChI is InChI=1S/C15H19N3O4S.ClH/c1-18-14(19)12-5-4-11(7-13(12)15(18)20)23(21,22)17-9-10-3-2-6-16-8-10;/h4-5,7,10,16-17H,2-3,6,8-9H2,1H3;1H. The van der Waals surface area contributed by atoms with Crippen LogP contribution in [0, 0.1) is 5.92 Å². The molecular weight excluding hydrogens is 354 g/mol. The first kappa shape index (κ1) is 18.9.